The molecule has 0 aliphatic carbocycles. The van der Waals surface area contributed by atoms with Crippen molar-refractivity contribution in [1.29, 1.82) is 0 Å². The summed E-state index contributed by atoms with van der Waals surface area (Å²) in [5, 5.41) is 4.01. The van der Waals surface area contributed by atoms with Crippen molar-refractivity contribution in [2.75, 3.05) is 30.9 Å². The van der Waals surface area contributed by atoms with E-state index >= 15 is 0 Å². The second kappa shape index (κ2) is 11.3. The minimum Gasteiger partial charge on any atom is -0.380 e. The quantitative estimate of drug-likeness (QED) is 0.365. The van der Waals surface area contributed by atoms with E-state index in [2.05, 4.69) is 19.9 Å². The van der Waals surface area contributed by atoms with Crippen molar-refractivity contribution in [3.05, 3.63) is 41.5 Å². The molecule has 11 heteroatoms. The van der Waals surface area contributed by atoms with Crippen molar-refractivity contribution in [3.63, 3.8) is 0 Å². The fourth-order valence-corrected chi connectivity index (χ4v) is 7.32. The smallest absolute Gasteiger partial charge is 0.262 e. The third-order valence-electron chi connectivity index (χ3n) is 7.20. The molecule has 9 nitrogen and oxygen atoms in total. The van der Waals surface area contributed by atoms with Gasteiger partial charge in [0.25, 0.3) is 5.91 Å². The van der Waals surface area contributed by atoms with Crippen LogP contribution >= 0.6 is 11.3 Å². The van der Waals surface area contributed by atoms with E-state index in [0.717, 1.165) is 59.1 Å². The van der Waals surface area contributed by atoms with Gasteiger partial charge >= 0.3 is 0 Å². The molecule has 5 rings (SSSR count). The maximum absolute atomic E-state index is 13.3. The predicted molar refractivity (Wildman–Crippen MR) is 151 cm³/mol. The molecule has 2 saturated heterocycles. The zero-order valence-corrected chi connectivity index (χ0v) is 23.6. The van der Waals surface area contributed by atoms with Crippen LogP contribution in [0.4, 0.5) is 5.82 Å². The molecule has 2 atom stereocenters. The zero-order valence-electron chi connectivity index (χ0n) is 22.0. The normalized spacial score (nSPS) is 21.4. The first-order valence-corrected chi connectivity index (χ1v) is 15.9. The average Bonchev–Trinajstić information content (AvgIpc) is 3.38. The summed E-state index contributed by atoms with van der Waals surface area (Å²) >= 11 is 1.43. The average molecular weight is 558 g/mol. The molecule has 2 N–H and O–H groups in total. The van der Waals surface area contributed by atoms with E-state index in [-0.39, 0.29) is 18.5 Å². The van der Waals surface area contributed by atoms with Crippen molar-refractivity contribution in [1.82, 2.24) is 20.0 Å². The summed E-state index contributed by atoms with van der Waals surface area (Å²) in [6, 6.07) is 10.8. The molecule has 3 aromatic rings. The van der Waals surface area contributed by atoms with E-state index in [1.807, 2.05) is 44.2 Å². The molecule has 2 aliphatic heterocycles. The van der Waals surface area contributed by atoms with Crippen molar-refractivity contribution < 1.29 is 17.9 Å². The van der Waals surface area contributed by atoms with Crippen LogP contribution in [0.25, 0.3) is 21.3 Å². The third-order valence-corrected chi connectivity index (χ3v) is 9.02. The number of aromatic nitrogens is 2. The highest BCUT2D eigenvalue weighted by molar-refractivity contribution is 7.88. The summed E-state index contributed by atoms with van der Waals surface area (Å²) in [7, 11) is -3.20. The third kappa shape index (κ3) is 5.85. The van der Waals surface area contributed by atoms with Crippen LogP contribution in [0.5, 0.6) is 0 Å². The number of hydrogen-bond acceptors (Lipinski definition) is 8. The number of piperidine rings is 1. The molecule has 4 heterocycles. The Morgan fingerprint density at radius 2 is 1.87 bits per heavy atom. The molecule has 38 heavy (non-hydrogen) atoms. The molecule has 1 amide bonds. The van der Waals surface area contributed by atoms with E-state index in [4.69, 9.17) is 9.72 Å². The van der Waals surface area contributed by atoms with E-state index in [1.165, 1.54) is 11.3 Å². The van der Waals surface area contributed by atoms with Crippen LogP contribution in [0.1, 0.15) is 49.2 Å². The number of fused-ring (bicyclic) bond motifs is 3. The number of sulfonamides is 1. The standard InChI is InChI=1S/C27H35N5O4S2/c1-17(2)31-26(33)24-22(19-7-5-4-6-8-19)23-25(28-16-29-27(23)37-24)32-20-9-10-21(32)14-18(13-20)15-36-12-11-30-38(3,34)35/h4-8,16-18,20-21,30H,9-15H2,1-3H3,(H,31,33). The summed E-state index contributed by atoms with van der Waals surface area (Å²) in [6.45, 7) is 5.21. The predicted octanol–water partition coefficient (Wildman–Crippen LogP) is 3.81. The fraction of sp³-hybridized carbons (Fsp3) is 0.519. The first kappa shape index (κ1) is 27.0. The van der Waals surface area contributed by atoms with Gasteiger partial charge in [0, 0.05) is 36.8 Å². The molecule has 2 fully saturated rings. The van der Waals surface area contributed by atoms with Crippen LogP contribution < -0.4 is 14.9 Å². The number of nitrogens with one attached hydrogen (secondary N) is 2. The molecule has 0 saturated carbocycles. The Bertz CT molecular complexity index is 1380. The van der Waals surface area contributed by atoms with Gasteiger partial charge in [-0.2, -0.15) is 0 Å². The lowest BCUT2D eigenvalue weighted by Gasteiger charge is -2.40. The number of carbonyl (C=O) groups excluding carboxylic acids is 1. The lowest BCUT2D eigenvalue weighted by molar-refractivity contribution is 0.0878. The number of benzene rings is 1. The van der Waals surface area contributed by atoms with E-state index in [9.17, 15) is 13.2 Å². The second-order valence-electron chi connectivity index (χ2n) is 10.5. The Labute approximate surface area is 228 Å². The van der Waals surface area contributed by atoms with Gasteiger partial charge in [-0.25, -0.2) is 23.1 Å². The first-order chi connectivity index (χ1) is 18.2. The molecule has 2 unspecified atom stereocenters. The van der Waals surface area contributed by atoms with Crippen LogP contribution in [-0.4, -0.2) is 68.4 Å². The summed E-state index contributed by atoms with van der Waals surface area (Å²) < 4.78 is 30.8. The molecule has 204 valence electrons. The van der Waals surface area contributed by atoms with Crippen molar-refractivity contribution in [2.24, 2.45) is 5.92 Å². The van der Waals surface area contributed by atoms with Gasteiger partial charge in [0.05, 0.1) is 18.2 Å². The number of amides is 1. The van der Waals surface area contributed by atoms with Crippen LogP contribution in [0.2, 0.25) is 0 Å². The van der Waals surface area contributed by atoms with Gasteiger partial charge in [-0.3, -0.25) is 4.79 Å². The van der Waals surface area contributed by atoms with Gasteiger partial charge in [-0.1, -0.05) is 30.3 Å². The lowest BCUT2D eigenvalue weighted by atomic mass is 9.91. The summed E-state index contributed by atoms with van der Waals surface area (Å²) in [5.74, 6) is 1.25. The number of nitrogens with zero attached hydrogens (tertiary/aromatic N) is 3. The number of thiophene rings is 1. The van der Waals surface area contributed by atoms with Crippen molar-refractivity contribution in [3.8, 4) is 11.1 Å². The zero-order chi connectivity index (χ0) is 26.9. The van der Waals surface area contributed by atoms with Gasteiger partial charge in [0.15, 0.2) is 0 Å². The summed E-state index contributed by atoms with van der Waals surface area (Å²) in [4.78, 5) is 26.7. The van der Waals surface area contributed by atoms with E-state index < -0.39 is 10.0 Å². The van der Waals surface area contributed by atoms with Gasteiger partial charge in [-0.05, 0) is 51.0 Å². The van der Waals surface area contributed by atoms with Crippen molar-refractivity contribution in [2.45, 2.75) is 57.7 Å². The topological polar surface area (TPSA) is 114 Å². The molecule has 1 aromatic carbocycles. The molecule has 2 aromatic heterocycles. The number of rotatable bonds is 10. The molecule has 0 radical (unpaired) electrons. The number of anilines is 1. The van der Waals surface area contributed by atoms with E-state index in [0.29, 0.717) is 36.1 Å². The van der Waals surface area contributed by atoms with Gasteiger partial charge < -0.3 is 15.0 Å². The lowest BCUT2D eigenvalue weighted by Crippen LogP contribution is -2.44. The summed E-state index contributed by atoms with van der Waals surface area (Å²) in [6.07, 6.45) is 6.94. The molecular weight excluding hydrogens is 522 g/mol. The number of carbonyl (C=O) groups is 1. The number of ether oxygens (including phenoxy) is 1. The van der Waals surface area contributed by atoms with Gasteiger partial charge in [0.2, 0.25) is 10.0 Å². The second-order valence-corrected chi connectivity index (χ2v) is 13.4. The van der Waals surface area contributed by atoms with Crippen LogP contribution in [0.3, 0.4) is 0 Å². The van der Waals surface area contributed by atoms with Crippen molar-refractivity contribution >= 4 is 43.3 Å². The minimum absolute atomic E-state index is 0.0288. The SMILES string of the molecule is CC(C)NC(=O)c1sc2ncnc(N3C4CCC3CC(COCCNS(C)(=O)=O)C4)c2c1-c1ccccc1. The number of hydrogen-bond donors (Lipinski definition) is 2. The fourth-order valence-electron chi connectivity index (χ4n) is 5.80. The molecule has 0 spiro atoms. The molecular formula is C27H35N5O4S2. The maximum Gasteiger partial charge on any atom is 0.262 e. The largest absolute Gasteiger partial charge is 0.380 e. The Morgan fingerprint density at radius 1 is 1.16 bits per heavy atom. The van der Waals surface area contributed by atoms with Crippen LogP contribution in [0.15, 0.2) is 36.7 Å². The van der Waals surface area contributed by atoms with Gasteiger partial charge in [0.1, 0.15) is 21.9 Å². The van der Waals surface area contributed by atoms with Crippen LogP contribution in [0, 0.1) is 5.92 Å². The molecule has 2 aliphatic rings. The molecule has 2 bridgehead atoms. The van der Waals surface area contributed by atoms with E-state index in [1.54, 1.807) is 6.33 Å². The minimum atomic E-state index is -3.20. The van der Waals surface area contributed by atoms with Gasteiger partial charge in [-0.15, -0.1) is 11.3 Å². The first-order valence-electron chi connectivity index (χ1n) is 13.2. The Balaban J connectivity index is 1.42. The maximum atomic E-state index is 13.3. The Kier molecular flexibility index (Phi) is 7.99. The highest BCUT2D eigenvalue weighted by Gasteiger charge is 2.42. The highest BCUT2D eigenvalue weighted by atomic mass is 32.2. The summed E-state index contributed by atoms with van der Waals surface area (Å²) in [5.41, 5.74) is 1.89. The Morgan fingerprint density at radius 3 is 2.53 bits per heavy atom. The monoisotopic (exact) mass is 557 g/mol. The highest BCUT2D eigenvalue weighted by Crippen LogP contribution is 2.47. The van der Waals surface area contributed by atoms with Crippen LogP contribution in [-0.2, 0) is 14.8 Å². The Hall–Kier alpha value is -2.60.